The Morgan fingerprint density at radius 3 is 1.90 bits per heavy atom. The molecule has 1 nitrogen and oxygen atoms in total. The lowest BCUT2D eigenvalue weighted by atomic mass is 9.96. The van der Waals surface area contributed by atoms with Crippen molar-refractivity contribution in [3.63, 3.8) is 0 Å². The van der Waals surface area contributed by atoms with Crippen LogP contribution in [0.25, 0.3) is 0 Å². The Bertz CT molecular complexity index is 657. The molecule has 0 aliphatic heterocycles. The Hall–Kier alpha value is -1.97. The molecule has 112 valence electrons. The van der Waals surface area contributed by atoms with E-state index in [1.54, 1.807) is 0 Å². The van der Waals surface area contributed by atoms with E-state index in [9.17, 15) is 13.2 Å². The Kier molecular flexibility index (Phi) is 4.26. The minimum Gasteiger partial charge on any atom is -0.374 e. The highest BCUT2D eigenvalue weighted by molar-refractivity contribution is 5.50. The van der Waals surface area contributed by atoms with Gasteiger partial charge in [0.25, 0.3) is 0 Å². The summed E-state index contributed by atoms with van der Waals surface area (Å²) in [6, 6.07) is 5.09. The van der Waals surface area contributed by atoms with Gasteiger partial charge in [-0.1, -0.05) is 12.1 Å². The van der Waals surface area contributed by atoms with E-state index >= 15 is 0 Å². The van der Waals surface area contributed by atoms with Gasteiger partial charge in [-0.15, -0.1) is 0 Å². The second kappa shape index (κ2) is 5.80. The van der Waals surface area contributed by atoms with Crippen LogP contribution >= 0.6 is 0 Å². The summed E-state index contributed by atoms with van der Waals surface area (Å²) in [5.41, 5.74) is 3.98. The molecule has 4 heteroatoms. The standard InChI is InChI=1S/C17H18F3N/c1-9-5-11(3)14(6-10(9)2)12(4)21-17-15(19)7-13(18)8-16(17)20/h5-8,12,21H,1-4H3. The average Bonchev–Trinajstić information content (AvgIpc) is 2.37. The van der Waals surface area contributed by atoms with Crippen molar-refractivity contribution in [1.82, 2.24) is 0 Å². The minimum absolute atomic E-state index is 0.293. The lowest BCUT2D eigenvalue weighted by molar-refractivity contribution is 0.545. The molecule has 2 aromatic carbocycles. The molecule has 21 heavy (non-hydrogen) atoms. The summed E-state index contributed by atoms with van der Waals surface area (Å²) in [6.07, 6.45) is 0. The number of aryl methyl sites for hydroxylation is 3. The molecule has 0 bridgehead atoms. The van der Waals surface area contributed by atoms with Gasteiger partial charge < -0.3 is 5.32 Å². The van der Waals surface area contributed by atoms with Crippen LogP contribution in [0.1, 0.15) is 35.2 Å². The predicted molar refractivity (Wildman–Crippen MR) is 79.0 cm³/mol. The van der Waals surface area contributed by atoms with Crippen LogP contribution in [-0.4, -0.2) is 0 Å². The highest BCUT2D eigenvalue weighted by Crippen LogP contribution is 2.28. The number of benzene rings is 2. The van der Waals surface area contributed by atoms with Gasteiger partial charge >= 0.3 is 0 Å². The highest BCUT2D eigenvalue weighted by atomic mass is 19.1. The predicted octanol–water partition coefficient (Wildman–Crippen LogP) is 5.20. The first-order valence-electron chi connectivity index (χ1n) is 6.78. The molecule has 0 fully saturated rings. The first kappa shape index (κ1) is 15.4. The zero-order valence-corrected chi connectivity index (χ0v) is 12.5. The van der Waals surface area contributed by atoms with Gasteiger partial charge in [-0.05, 0) is 49.9 Å². The first-order valence-corrected chi connectivity index (χ1v) is 6.78. The van der Waals surface area contributed by atoms with Crippen LogP contribution in [0.15, 0.2) is 24.3 Å². The number of hydrogen-bond acceptors (Lipinski definition) is 1. The van der Waals surface area contributed by atoms with Crippen LogP contribution in [0.5, 0.6) is 0 Å². The largest absolute Gasteiger partial charge is 0.374 e. The van der Waals surface area contributed by atoms with Gasteiger partial charge in [0.2, 0.25) is 0 Å². The van der Waals surface area contributed by atoms with Gasteiger partial charge in [-0.25, -0.2) is 13.2 Å². The smallest absolute Gasteiger partial charge is 0.152 e. The molecule has 0 heterocycles. The Morgan fingerprint density at radius 1 is 0.810 bits per heavy atom. The van der Waals surface area contributed by atoms with Crippen molar-refractivity contribution >= 4 is 5.69 Å². The summed E-state index contributed by atoms with van der Waals surface area (Å²) in [5, 5.41) is 2.79. The molecule has 0 spiro atoms. The zero-order valence-electron chi connectivity index (χ0n) is 12.5. The van der Waals surface area contributed by atoms with Crippen LogP contribution in [0, 0.1) is 38.2 Å². The first-order chi connectivity index (χ1) is 9.79. The fourth-order valence-corrected chi connectivity index (χ4v) is 2.42. The van der Waals surface area contributed by atoms with E-state index in [0.717, 1.165) is 16.7 Å². The molecule has 0 aliphatic rings. The number of rotatable bonds is 3. The second-order valence-corrected chi connectivity index (χ2v) is 5.40. The SMILES string of the molecule is Cc1cc(C)c(C(C)Nc2c(F)cc(F)cc2F)cc1C. The number of anilines is 1. The zero-order chi connectivity index (χ0) is 15.7. The quantitative estimate of drug-likeness (QED) is 0.820. The van der Waals surface area contributed by atoms with Crippen molar-refractivity contribution in [1.29, 1.82) is 0 Å². The van der Waals surface area contributed by atoms with Crippen LogP contribution in [-0.2, 0) is 0 Å². The number of hydrogen-bond donors (Lipinski definition) is 1. The van der Waals surface area contributed by atoms with Gasteiger partial charge in [0.1, 0.15) is 11.5 Å². The third-order valence-electron chi connectivity index (χ3n) is 3.72. The third kappa shape index (κ3) is 3.20. The highest BCUT2D eigenvalue weighted by Gasteiger charge is 2.16. The van der Waals surface area contributed by atoms with E-state index < -0.39 is 17.5 Å². The summed E-state index contributed by atoms with van der Waals surface area (Å²) in [7, 11) is 0. The lowest BCUT2D eigenvalue weighted by Gasteiger charge is -2.20. The van der Waals surface area contributed by atoms with Crippen molar-refractivity contribution in [3.05, 3.63) is 64.0 Å². The Balaban J connectivity index is 2.35. The van der Waals surface area contributed by atoms with Gasteiger partial charge in [0.05, 0.1) is 0 Å². The molecule has 0 radical (unpaired) electrons. The normalized spacial score (nSPS) is 12.3. The molecule has 0 saturated carbocycles. The molecular weight excluding hydrogens is 275 g/mol. The second-order valence-electron chi connectivity index (χ2n) is 5.40. The van der Waals surface area contributed by atoms with Crippen molar-refractivity contribution in [2.45, 2.75) is 33.7 Å². The van der Waals surface area contributed by atoms with E-state index in [1.165, 1.54) is 5.56 Å². The van der Waals surface area contributed by atoms with Gasteiger partial charge in [-0.3, -0.25) is 0 Å². The molecule has 0 amide bonds. The monoisotopic (exact) mass is 293 g/mol. The van der Waals surface area contributed by atoms with Crippen molar-refractivity contribution in [2.75, 3.05) is 5.32 Å². The molecule has 1 unspecified atom stereocenters. The maximum atomic E-state index is 13.7. The van der Waals surface area contributed by atoms with E-state index in [1.807, 2.05) is 39.8 Å². The fourth-order valence-electron chi connectivity index (χ4n) is 2.42. The van der Waals surface area contributed by atoms with Gasteiger partial charge in [0, 0.05) is 18.2 Å². The Morgan fingerprint density at radius 2 is 1.33 bits per heavy atom. The van der Waals surface area contributed by atoms with Gasteiger partial charge in [0.15, 0.2) is 11.6 Å². The van der Waals surface area contributed by atoms with E-state index in [-0.39, 0.29) is 11.7 Å². The van der Waals surface area contributed by atoms with Crippen molar-refractivity contribution < 1.29 is 13.2 Å². The van der Waals surface area contributed by atoms with Crippen LogP contribution in [0.4, 0.5) is 18.9 Å². The number of nitrogens with one attached hydrogen (secondary N) is 1. The molecule has 2 aromatic rings. The molecule has 0 saturated heterocycles. The van der Waals surface area contributed by atoms with E-state index in [4.69, 9.17) is 0 Å². The van der Waals surface area contributed by atoms with Crippen molar-refractivity contribution in [2.24, 2.45) is 0 Å². The number of halogens is 3. The van der Waals surface area contributed by atoms with Crippen molar-refractivity contribution in [3.8, 4) is 0 Å². The molecular formula is C17H18F3N. The summed E-state index contributed by atoms with van der Waals surface area (Å²) >= 11 is 0. The summed E-state index contributed by atoms with van der Waals surface area (Å²) in [6.45, 7) is 7.78. The third-order valence-corrected chi connectivity index (χ3v) is 3.72. The molecule has 1 atom stereocenters. The van der Waals surface area contributed by atoms with E-state index in [0.29, 0.717) is 12.1 Å². The molecule has 0 aromatic heterocycles. The van der Waals surface area contributed by atoms with E-state index in [2.05, 4.69) is 5.32 Å². The Labute approximate surface area is 122 Å². The minimum atomic E-state index is -0.930. The summed E-state index contributed by atoms with van der Waals surface area (Å²) in [4.78, 5) is 0. The molecule has 2 rings (SSSR count). The lowest BCUT2D eigenvalue weighted by Crippen LogP contribution is -2.12. The average molecular weight is 293 g/mol. The molecule has 0 aliphatic carbocycles. The fraction of sp³-hybridized carbons (Fsp3) is 0.294. The summed E-state index contributed by atoms with van der Waals surface area (Å²) < 4.78 is 40.3. The maximum Gasteiger partial charge on any atom is 0.152 e. The molecule has 1 N–H and O–H groups in total. The van der Waals surface area contributed by atoms with Gasteiger partial charge in [-0.2, -0.15) is 0 Å². The summed E-state index contributed by atoms with van der Waals surface area (Å²) in [5.74, 6) is -2.78. The van der Waals surface area contributed by atoms with Crippen LogP contribution in [0.3, 0.4) is 0 Å². The maximum absolute atomic E-state index is 13.7. The van der Waals surface area contributed by atoms with Crippen LogP contribution in [0.2, 0.25) is 0 Å². The topological polar surface area (TPSA) is 12.0 Å². The van der Waals surface area contributed by atoms with Crippen LogP contribution < -0.4 is 5.32 Å².